The second kappa shape index (κ2) is 5.25. The van der Waals surface area contributed by atoms with Crippen LogP contribution < -0.4 is 5.73 Å². The number of aliphatic hydroxyl groups is 1. The highest BCUT2D eigenvalue weighted by atomic mass is 16.3. The van der Waals surface area contributed by atoms with Gasteiger partial charge < -0.3 is 10.8 Å². The van der Waals surface area contributed by atoms with Crippen molar-refractivity contribution in [2.24, 2.45) is 17.1 Å². The maximum absolute atomic E-state index is 9.14. The fraction of sp³-hybridized carbons (Fsp3) is 1.00. The third-order valence-electron chi connectivity index (χ3n) is 4.73. The zero-order valence-corrected chi connectivity index (χ0v) is 11.4. The Bertz CT molecular complexity index is 251. The lowest BCUT2D eigenvalue weighted by molar-refractivity contribution is 0.0900. The van der Waals surface area contributed by atoms with E-state index in [4.69, 9.17) is 10.8 Å². The van der Waals surface area contributed by atoms with Gasteiger partial charge in [-0.05, 0) is 37.0 Å². The van der Waals surface area contributed by atoms with E-state index in [9.17, 15) is 0 Å². The minimum Gasteiger partial charge on any atom is -0.395 e. The first-order valence-electron chi connectivity index (χ1n) is 7.15. The molecule has 0 heterocycles. The fourth-order valence-electron chi connectivity index (χ4n) is 3.30. The van der Waals surface area contributed by atoms with Gasteiger partial charge in [-0.3, -0.25) is 4.90 Å². The molecule has 0 radical (unpaired) electrons. The molecule has 2 rings (SSSR count). The Labute approximate surface area is 105 Å². The number of hydrogen-bond donors (Lipinski definition) is 2. The van der Waals surface area contributed by atoms with E-state index in [1.54, 1.807) is 0 Å². The second-order valence-electron chi connectivity index (χ2n) is 6.62. The van der Waals surface area contributed by atoms with Gasteiger partial charge in [-0.25, -0.2) is 0 Å². The Kier molecular flexibility index (Phi) is 4.11. The van der Waals surface area contributed by atoms with Crippen molar-refractivity contribution in [3.05, 3.63) is 0 Å². The zero-order chi connectivity index (χ0) is 12.5. The molecule has 0 aliphatic heterocycles. The van der Waals surface area contributed by atoms with Gasteiger partial charge >= 0.3 is 0 Å². The molecule has 0 amide bonds. The summed E-state index contributed by atoms with van der Waals surface area (Å²) < 4.78 is 0. The predicted octanol–water partition coefficient (Wildman–Crippen LogP) is 1.60. The summed E-state index contributed by atoms with van der Waals surface area (Å²) in [5.74, 6) is 0.617. The molecule has 2 saturated carbocycles. The van der Waals surface area contributed by atoms with Gasteiger partial charge in [0.15, 0.2) is 0 Å². The van der Waals surface area contributed by atoms with E-state index >= 15 is 0 Å². The Morgan fingerprint density at radius 1 is 1.29 bits per heavy atom. The van der Waals surface area contributed by atoms with Crippen LogP contribution in [0.15, 0.2) is 0 Å². The lowest BCUT2D eigenvalue weighted by Gasteiger charge is -2.43. The molecule has 100 valence electrons. The van der Waals surface area contributed by atoms with Crippen LogP contribution in [0.25, 0.3) is 0 Å². The summed E-state index contributed by atoms with van der Waals surface area (Å²) in [7, 11) is 0. The molecule has 0 spiro atoms. The van der Waals surface area contributed by atoms with Crippen LogP contribution in [-0.4, -0.2) is 41.8 Å². The topological polar surface area (TPSA) is 49.5 Å². The number of nitrogens with two attached hydrogens (primary N) is 1. The molecule has 0 aromatic carbocycles. The molecule has 2 fully saturated rings. The van der Waals surface area contributed by atoms with Gasteiger partial charge in [0.1, 0.15) is 0 Å². The average molecular weight is 240 g/mol. The van der Waals surface area contributed by atoms with Crippen molar-refractivity contribution in [2.75, 3.05) is 19.7 Å². The lowest BCUT2D eigenvalue weighted by Crippen LogP contribution is -2.50. The van der Waals surface area contributed by atoms with Crippen LogP contribution in [-0.2, 0) is 0 Å². The van der Waals surface area contributed by atoms with Gasteiger partial charge in [-0.1, -0.05) is 20.3 Å². The smallest absolute Gasteiger partial charge is 0.0558 e. The lowest BCUT2D eigenvalue weighted by atomic mass is 9.68. The number of aliphatic hydroxyl groups excluding tert-OH is 1. The van der Waals surface area contributed by atoms with E-state index in [1.165, 1.54) is 32.1 Å². The van der Waals surface area contributed by atoms with E-state index in [0.717, 1.165) is 19.1 Å². The molecule has 17 heavy (non-hydrogen) atoms. The Morgan fingerprint density at radius 2 is 2.00 bits per heavy atom. The third kappa shape index (κ3) is 3.21. The van der Waals surface area contributed by atoms with Gasteiger partial charge in [0, 0.05) is 25.2 Å². The summed E-state index contributed by atoms with van der Waals surface area (Å²) in [6.07, 6.45) is 6.45. The number of rotatable bonds is 5. The SMILES string of the molecule is CC1(C)CCCC(CN(CCO)C2CC2)C1N. The molecule has 3 N–H and O–H groups in total. The first-order valence-corrected chi connectivity index (χ1v) is 7.15. The van der Waals surface area contributed by atoms with Crippen molar-refractivity contribution in [1.82, 2.24) is 4.90 Å². The first kappa shape index (κ1) is 13.3. The fourth-order valence-corrected chi connectivity index (χ4v) is 3.30. The van der Waals surface area contributed by atoms with E-state index < -0.39 is 0 Å². The molecule has 2 atom stereocenters. The summed E-state index contributed by atoms with van der Waals surface area (Å²) in [4.78, 5) is 2.46. The molecule has 3 nitrogen and oxygen atoms in total. The minimum atomic E-state index is 0.280. The maximum atomic E-state index is 9.14. The van der Waals surface area contributed by atoms with Crippen molar-refractivity contribution in [2.45, 2.75) is 58.0 Å². The van der Waals surface area contributed by atoms with Gasteiger partial charge in [-0.2, -0.15) is 0 Å². The van der Waals surface area contributed by atoms with Crippen LogP contribution in [0, 0.1) is 11.3 Å². The van der Waals surface area contributed by atoms with Gasteiger partial charge in [0.05, 0.1) is 6.61 Å². The average Bonchev–Trinajstić information content (AvgIpc) is 3.07. The molecule has 0 aromatic rings. The first-order chi connectivity index (χ1) is 8.04. The molecule has 2 aliphatic carbocycles. The van der Waals surface area contributed by atoms with Crippen LogP contribution in [0.1, 0.15) is 46.0 Å². The van der Waals surface area contributed by atoms with E-state index in [0.29, 0.717) is 12.0 Å². The number of hydrogen-bond acceptors (Lipinski definition) is 3. The highest BCUT2D eigenvalue weighted by molar-refractivity contribution is 4.94. The monoisotopic (exact) mass is 240 g/mol. The Morgan fingerprint density at radius 3 is 2.59 bits per heavy atom. The molecule has 2 unspecified atom stereocenters. The minimum absolute atomic E-state index is 0.280. The summed E-state index contributed by atoms with van der Waals surface area (Å²) in [5.41, 5.74) is 6.72. The molecular formula is C14H28N2O. The van der Waals surface area contributed by atoms with Gasteiger partial charge in [-0.15, -0.1) is 0 Å². The van der Waals surface area contributed by atoms with Crippen molar-refractivity contribution in [3.8, 4) is 0 Å². The molecule has 0 aromatic heterocycles. The quantitative estimate of drug-likeness (QED) is 0.767. The van der Waals surface area contributed by atoms with Crippen LogP contribution in [0.2, 0.25) is 0 Å². The van der Waals surface area contributed by atoms with Crippen LogP contribution in [0.3, 0.4) is 0 Å². The summed E-state index contributed by atoms with van der Waals surface area (Å²) >= 11 is 0. The van der Waals surface area contributed by atoms with Gasteiger partial charge in [0.25, 0.3) is 0 Å². The standard InChI is InChI=1S/C14H28N2O/c1-14(2)7-3-4-11(13(14)15)10-16(8-9-17)12-5-6-12/h11-13,17H,3-10,15H2,1-2H3. The summed E-state index contributed by atoms with van der Waals surface area (Å²) in [6, 6.07) is 1.05. The molecule has 3 heteroatoms. The van der Waals surface area contributed by atoms with E-state index in [2.05, 4.69) is 18.7 Å². The number of nitrogens with zero attached hydrogens (tertiary/aromatic N) is 1. The van der Waals surface area contributed by atoms with Crippen molar-refractivity contribution in [3.63, 3.8) is 0 Å². The molecular weight excluding hydrogens is 212 g/mol. The van der Waals surface area contributed by atoms with Crippen molar-refractivity contribution in [1.29, 1.82) is 0 Å². The molecule has 0 bridgehead atoms. The largest absolute Gasteiger partial charge is 0.395 e. The Balaban J connectivity index is 1.91. The summed E-state index contributed by atoms with van der Waals surface area (Å²) in [6.45, 7) is 6.81. The van der Waals surface area contributed by atoms with Crippen molar-refractivity contribution >= 4 is 0 Å². The van der Waals surface area contributed by atoms with Crippen LogP contribution in [0.5, 0.6) is 0 Å². The van der Waals surface area contributed by atoms with Gasteiger partial charge in [0.2, 0.25) is 0 Å². The molecule has 2 aliphatic rings. The van der Waals surface area contributed by atoms with E-state index in [1.807, 2.05) is 0 Å². The van der Waals surface area contributed by atoms with Crippen LogP contribution >= 0.6 is 0 Å². The van der Waals surface area contributed by atoms with Crippen LogP contribution in [0.4, 0.5) is 0 Å². The molecule has 0 saturated heterocycles. The highest BCUT2D eigenvalue weighted by Gasteiger charge is 2.39. The third-order valence-corrected chi connectivity index (χ3v) is 4.73. The highest BCUT2D eigenvalue weighted by Crippen LogP contribution is 2.39. The van der Waals surface area contributed by atoms with E-state index in [-0.39, 0.29) is 12.0 Å². The second-order valence-corrected chi connectivity index (χ2v) is 6.62. The predicted molar refractivity (Wildman–Crippen MR) is 70.8 cm³/mol. The normalized spacial score (nSPS) is 33.0. The maximum Gasteiger partial charge on any atom is 0.0558 e. The Hall–Kier alpha value is -0.120. The van der Waals surface area contributed by atoms with Crippen molar-refractivity contribution < 1.29 is 5.11 Å². The summed E-state index contributed by atoms with van der Waals surface area (Å²) in [5, 5.41) is 9.14. The zero-order valence-electron chi connectivity index (χ0n) is 11.4.